The zero-order valence-electron chi connectivity index (χ0n) is 18.1. The van der Waals surface area contributed by atoms with Crippen molar-refractivity contribution in [1.82, 2.24) is 0 Å². The van der Waals surface area contributed by atoms with E-state index in [1.54, 1.807) is 18.3 Å². The molecule has 0 aliphatic heterocycles. The summed E-state index contributed by atoms with van der Waals surface area (Å²) >= 11 is 0. The monoisotopic (exact) mass is 408 g/mol. The highest BCUT2D eigenvalue weighted by atomic mass is 19.1. The summed E-state index contributed by atoms with van der Waals surface area (Å²) in [5, 5.41) is 19.2. The average Bonchev–Trinajstić information content (AvgIpc) is 3.06. The molecule has 1 N–H and O–H groups in total. The van der Waals surface area contributed by atoms with Crippen molar-refractivity contribution in [1.29, 1.82) is 0 Å². The molecule has 5 rings (SSSR count). The number of hydrogen-bond donors (Lipinski definition) is 1. The zero-order valence-corrected chi connectivity index (χ0v) is 18.1. The lowest BCUT2D eigenvalue weighted by molar-refractivity contribution is -0.0209. The summed E-state index contributed by atoms with van der Waals surface area (Å²) < 4.78 is 13.1. The Bertz CT molecular complexity index is 904. The van der Waals surface area contributed by atoms with E-state index < -0.39 is 0 Å². The normalized spacial score (nSPS) is 42.0. The van der Waals surface area contributed by atoms with Gasteiger partial charge in [0.15, 0.2) is 0 Å². The van der Waals surface area contributed by atoms with Crippen molar-refractivity contribution in [3.63, 3.8) is 0 Å². The Kier molecular flexibility index (Phi) is 4.96. The molecule has 4 heteroatoms. The number of halogens is 1. The van der Waals surface area contributed by atoms with Crippen LogP contribution in [0.15, 0.2) is 46.1 Å². The van der Waals surface area contributed by atoms with E-state index in [9.17, 15) is 9.50 Å². The fourth-order valence-electron chi connectivity index (χ4n) is 7.31. The number of hydrogen-bond acceptors (Lipinski definition) is 3. The maximum absolute atomic E-state index is 13.1. The van der Waals surface area contributed by atoms with Crippen LogP contribution in [0.5, 0.6) is 0 Å². The van der Waals surface area contributed by atoms with Gasteiger partial charge in [-0.15, -0.1) is 0 Å². The zero-order chi connectivity index (χ0) is 20.9. The van der Waals surface area contributed by atoms with Crippen LogP contribution in [-0.4, -0.2) is 23.1 Å². The van der Waals surface area contributed by atoms with E-state index in [4.69, 9.17) is 0 Å². The minimum absolute atomic E-state index is 0.140. The van der Waals surface area contributed by atoms with Crippen LogP contribution >= 0.6 is 0 Å². The van der Waals surface area contributed by atoms with Gasteiger partial charge in [-0.25, -0.2) is 4.39 Å². The molecule has 4 aliphatic carbocycles. The molecule has 0 aromatic heterocycles. The fraction of sp³-hybridized carbons (Fsp3) is 0.615. The lowest BCUT2D eigenvalue weighted by Gasteiger charge is -2.57. The van der Waals surface area contributed by atoms with Gasteiger partial charge in [-0.05, 0) is 92.2 Å². The molecule has 3 fully saturated rings. The molecule has 4 aliphatic rings. The maximum atomic E-state index is 13.1. The first-order chi connectivity index (χ1) is 14.4. The summed E-state index contributed by atoms with van der Waals surface area (Å²) in [7, 11) is 0. The Hall–Kier alpha value is -1.81. The first-order valence-electron chi connectivity index (χ1n) is 11.6. The molecule has 0 heterocycles. The first-order valence-corrected chi connectivity index (χ1v) is 11.6. The standard InChI is InChI=1S/C26H33FN2O/c1-25-13-11-20(30)15-18(25)5-8-21-22-9-10-24(26(22,2)14-12-23(21)25)29-28-16-17-3-6-19(27)7-4-17/h3-7,16,20-23,30H,8-15H2,1-2H3/b28-16-,29-24-/t20-,21+,22-,23-,25-,26+/m0/s1. The summed E-state index contributed by atoms with van der Waals surface area (Å²) in [6.45, 7) is 4.89. The lowest BCUT2D eigenvalue weighted by atomic mass is 9.48. The van der Waals surface area contributed by atoms with Crippen LogP contribution in [0.1, 0.15) is 70.8 Å². The molecule has 3 saturated carbocycles. The summed E-state index contributed by atoms with van der Waals surface area (Å²) in [5.41, 5.74) is 4.09. The van der Waals surface area contributed by atoms with Crippen LogP contribution in [0.25, 0.3) is 0 Å². The first kappa shape index (κ1) is 20.1. The highest BCUT2D eigenvalue weighted by Crippen LogP contribution is 2.64. The lowest BCUT2D eigenvalue weighted by Crippen LogP contribution is -2.50. The molecule has 0 radical (unpaired) electrons. The van der Waals surface area contributed by atoms with Gasteiger partial charge >= 0.3 is 0 Å². The van der Waals surface area contributed by atoms with E-state index in [2.05, 4.69) is 30.1 Å². The Labute approximate surface area is 179 Å². The van der Waals surface area contributed by atoms with Gasteiger partial charge in [0.25, 0.3) is 0 Å². The van der Waals surface area contributed by atoms with Gasteiger partial charge in [-0.2, -0.15) is 10.2 Å². The quantitative estimate of drug-likeness (QED) is 0.368. The number of aliphatic hydroxyl groups excluding tert-OH is 1. The fourth-order valence-corrected chi connectivity index (χ4v) is 7.31. The number of allylic oxidation sites excluding steroid dienone is 1. The van der Waals surface area contributed by atoms with Crippen molar-refractivity contribution >= 4 is 11.9 Å². The molecule has 160 valence electrons. The summed E-state index contributed by atoms with van der Waals surface area (Å²) in [6, 6.07) is 6.38. The summed E-state index contributed by atoms with van der Waals surface area (Å²) in [6.07, 6.45) is 12.9. The van der Waals surface area contributed by atoms with E-state index in [-0.39, 0.29) is 22.8 Å². The molecule has 0 bridgehead atoms. The molecule has 1 aromatic rings. The average molecular weight is 409 g/mol. The van der Waals surface area contributed by atoms with Crippen molar-refractivity contribution in [3.05, 3.63) is 47.3 Å². The van der Waals surface area contributed by atoms with Crippen molar-refractivity contribution in [3.8, 4) is 0 Å². The van der Waals surface area contributed by atoms with E-state index in [0.29, 0.717) is 5.92 Å². The Morgan fingerprint density at radius 1 is 1.03 bits per heavy atom. The largest absolute Gasteiger partial charge is 0.393 e. The van der Waals surface area contributed by atoms with E-state index in [0.717, 1.165) is 49.5 Å². The molecule has 6 atom stereocenters. The van der Waals surface area contributed by atoms with Crippen molar-refractivity contribution in [2.24, 2.45) is 38.8 Å². The molecular weight excluding hydrogens is 375 g/mol. The Morgan fingerprint density at radius 2 is 1.77 bits per heavy atom. The van der Waals surface area contributed by atoms with E-state index in [1.807, 2.05) is 0 Å². The van der Waals surface area contributed by atoms with Crippen molar-refractivity contribution in [2.75, 3.05) is 0 Å². The van der Waals surface area contributed by atoms with E-state index in [1.165, 1.54) is 42.7 Å². The van der Waals surface area contributed by atoms with Crippen LogP contribution in [0.3, 0.4) is 0 Å². The number of aliphatic hydroxyl groups is 1. The van der Waals surface area contributed by atoms with Gasteiger partial charge in [-0.3, -0.25) is 0 Å². The molecule has 0 saturated heterocycles. The van der Waals surface area contributed by atoms with Gasteiger partial charge in [0, 0.05) is 11.1 Å². The molecule has 30 heavy (non-hydrogen) atoms. The predicted molar refractivity (Wildman–Crippen MR) is 119 cm³/mol. The smallest absolute Gasteiger partial charge is 0.123 e. The second kappa shape index (κ2) is 7.40. The molecule has 3 nitrogen and oxygen atoms in total. The number of fused-ring (bicyclic) bond motifs is 5. The van der Waals surface area contributed by atoms with E-state index >= 15 is 0 Å². The third kappa shape index (κ3) is 3.19. The van der Waals surface area contributed by atoms with Crippen molar-refractivity contribution in [2.45, 2.75) is 71.3 Å². The van der Waals surface area contributed by atoms with Gasteiger partial charge in [0.05, 0.1) is 12.3 Å². The predicted octanol–water partition coefficient (Wildman–Crippen LogP) is 5.92. The second-order valence-electron chi connectivity index (χ2n) is 10.5. The van der Waals surface area contributed by atoms with Crippen LogP contribution in [0.2, 0.25) is 0 Å². The van der Waals surface area contributed by atoms with Crippen LogP contribution < -0.4 is 0 Å². The second-order valence-corrected chi connectivity index (χ2v) is 10.5. The van der Waals surface area contributed by atoms with Crippen LogP contribution in [0.4, 0.5) is 4.39 Å². The molecule has 1 aromatic carbocycles. The van der Waals surface area contributed by atoms with Crippen LogP contribution in [0, 0.1) is 34.4 Å². The highest BCUT2D eigenvalue weighted by molar-refractivity contribution is 5.93. The minimum atomic E-state index is -0.229. The van der Waals surface area contributed by atoms with Gasteiger partial charge in [-0.1, -0.05) is 37.6 Å². The highest BCUT2D eigenvalue weighted by Gasteiger charge is 2.57. The van der Waals surface area contributed by atoms with Crippen LogP contribution in [-0.2, 0) is 0 Å². The van der Waals surface area contributed by atoms with Gasteiger partial charge in [0.2, 0.25) is 0 Å². The SMILES string of the molecule is C[C@]12CC[C@H](O)CC1=CC[C@H]1[C@@H]2CC[C@@]2(C)/C(=N\N=C/c3ccc(F)cc3)CC[C@@H]12. The summed E-state index contributed by atoms with van der Waals surface area (Å²) in [4.78, 5) is 0. The topological polar surface area (TPSA) is 45.0 Å². The van der Waals surface area contributed by atoms with Crippen molar-refractivity contribution < 1.29 is 9.50 Å². The number of nitrogens with zero attached hydrogens (tertiary/aromatic N) is 2. The minimum Gasteiger partial charge on any atom is -0.393 e. The van der Waals surface area contributed by atoms with Gasteiger partial charge in [0.1, 0.15) is 5.82 Å². The molecule has 0 spiro atoms. The molecule has 0 unspecified atom stereocenters. The Balaban J connectivity index is 1.37. The molecule has 0 amide bonds. The maximum Gasteiger partial charge on any atom is 0.123 e. The third-order valence-corrected chi connectivity index (χ3v) is 9.07. The third-order valence-electron chi connectivity index (χ3n) is 9.07. The van der Waals surface area contributed by atoms with Gasteiger partial charge < -0.3 is 5.11 Å². The summed E-state index contributed by atoms with van der Waals surface area (Å²) in [5.74, 6) is 1.91. The number of benzene rings is 1. The number of rotatable bonds is 2. The molecular formula is C26H33FN2O. The Morgan fingerprint density at radius 3 is 2.57 bits per heavy atom.